The van der Waals surface area contributed by atoms with Crippen LogP contribution in [0.25, 0.3) is 0 Å². The fraction of sp³-hybridized carbons (Fsp3) is 0.500. The first-order valence-corrected chi connectivity index (χ1v) is 4.15. The molecule has 1 aromatic heterocycles. The molecule has 0 saturated heterocycles. The number of hydrogen-bond acceptors (Lipinski definition) is 3. The molecule has 0 spiro atoms. The predicted molar refractivity (Wildman–Crippen MR) is 45.7 cm³/mol. The van der Waals surface area contributed by atoms with E-state index in [0.717, 1.165) is 10.7 Å². The molecule has 0 aliphatic rings. The molecule has 4 nitrogen and oxygen atoms in total. The smallest absolute Gasteiger partial charge is 0.303 e. The van der Waals surface area contributed by atoms with Gasteiger partial charge < -0.3 is 5.32 Å². The van der Waals surface area contributed by atoms with Gasteiger partial charge in [0.25, 0.3) is 0 Å². The topological polar surface area (TPSA) is 53.6 Å². The van der Waals surface area contributed by atoms with Crippen LogP contribution in [0.4, 0.5) is 13.2 Å². The average Bonchev–Trinajstić information content (AvgIpc) is 2.61. The molecule has 0 aliphatic carbocycles. The van der Waals surface area contributed by atoms with Crippen LogP contribution in [0.15, 0.2) is 12.3 Å². The van der Waals surface area contributed by atoms with E-state index in [1.807, 2.05) is 6.07 Å². The van der Waals surface area contributed by atoms with E-state index in [-0.39, 0.29) is 6.54 Å². The molecule has 0 amide bonds. The molecule has 1 unspecified atom stereocenters. The standard InChI is InChI=1S/C8H9F3N4/c1-13-6(4-12)5-15-3-2-7(14-15)8(9,10)11/h2-3,6,13H,5H2,1H3. The number of halogens is 3. The number of rotatable bonds is 3. The number of nitrogens with zero attached hydrogens (tertiary/aromatic N) is 3. The van der Waals surface area contributed by atoms with Crippen LogP contribution in [0.2, 0.25) is 0 Å². The quantitative estimate of drug-likeness (QED) is 0.823. The Morgan fingerprint density at radius 3 is 2.73 bits per heavy atom. The summed E-state index contributed by atoms with van der Waals surface area (Å²) >= 11 is 0. The zero-order valence-corrected chi connectivity index (χ0v) is 7.91. The Balaban J connectivity index is 2.74. The van der Waals surface area contributed by atoms with Crippen LogP contribution >= 0.6 is 0 Å². The summed E-state index contributed by atoms with van der Waals surface area (Å²) in [6, 6.07) is 2.22. The van der Waals surface area contributed by atoms with Crippen LogP contribution in [-0.4, -0.2) is 22.9 Å². The van der Waals surface area contributed by atoms with Crippen LogP contribution < -0.4 is 5.32 Å². The summed E-state index contributed by atoms with van der Waals surface area (Å²) in [7, 11) is 1.56. The monoisotopic (exact) mass is 218 g/mol. The van der Waals surface area contributed by atoms with Crippen molar-refractivity contribution in [2.75, 3.05) is 7.05 Å². The van der Waals surface area contributed by atoms with Crippen LogP contribution in [0.3, 0.4) is 0 Å². The third-order valence-corrected chi connectivity index (χ3v) is 1.81. The fourth-order valence-corrected chi connectivity index (χ4v) is 0.998. The van der Waals surface area contributed by atoms with Gasteiger partial charge in [0.2, 0.25) is 0 Å². The molecule has 0 aliphatic heterocycles. The number of nitriles is 1. The SMILES string of the molecule is CNC(C#N)Cn1ccc(C(F)(F)F)n1. The summed E-state index contributed by atoms with van der Waals surface area (Å²) in [6.45, 7) is 0.0864. The maximum atomic E-state index is 12.1. The zero-order valence-electron chi connectivity index (χ0n) is 7.91. The second-order valence-corrected chi connectivity index (χ2v) is 2.89. The number of hydrogen-bond donors (Lipinski definition) is 1. The van der Waals surface area contributed by atoms with E-state index in [1.54, 1.807) is 7.05 Å². The Kier molecular flexibility index (Phi) is 3.31. The van der Waals surface area contributed by atoms with Crippen molar-refractivity contribution in [2.24, 2.45) is 0 Å². The molecule has 82 valence electrons. The van der Waals surface area contributed by atoms with Crippen molar-refractivity contribution in [3.05, 3.63) is 18.0 Å². The summed E-state index contributed by atoms with van der Waals surface area (Å²) in [5, 5.41) is 14.5. The van der Waals surface area contributed by atoms with Gasteiger partial charge in [-0.25, -0.2) is 0 Å². The van der Waals surface area contributed by atoms with Crippen molar-refractivity contribution in [1.29, 1.82) is 5.26 Å². The average molecular weight is 218 g/mol. The first-order valence-electron chi connectivity index (χ1n) is 4.15. The largest absolute Gasteiger partial charge is 0.435 e. The van der Waals surface area contributed by atoms with E-state index in [2.05, 4.69) is 10.4 Å². The molecule has 0 radical (unpaired) electrons. The summed E-state index contributed by atoms with van der Waals surface area (Å²) in [6.07, 6.45) is -3.24. The summed E-state index contributed by atoms with van der Waals surface area (Å²) < 4.78 is 37.5. The minimum atomic E-state index is -4.44. The summed E-state index contributed by atoms with van der Waals surface area (Å²) in [5.74, 6) is 0. The lowest BCUT2D eigenvalue weighted by Crippen LogP contribution is -2.28. The highest BCUT2D eigenvalue weighted by Crippen LogP contribution is 2.27. The molecule has 1 rings (SSSR count). The van der Waals surface area contributed by atoms with Crippen molar-refractivity contribution >= 4 is 0 Å². The normalized spacial score (nSPS) is 13.5. The summed E-state index contributed by atoms with van der Waals surface area (Å²) in [4.78, 5) is 0. The molecule has 7 heteroatoms. The first-order chi connectivity index (χ1) is 6.97. The number of alkyl halides is 3. The van der Waals surface area contributed by atoms with Crippen molar-refractivity contribution < 1.29 is 13.2 Å². The van der Waals surface area contributed by atoms with Gasteiger partial charge in [0, 0.05) is 6.20 Å². The Bertz CT molecular complexity index is 363. The minimum Gasteiger partial charge on any atom is -0.303 e. The van der Waals surface area contributed by atoms with Gasteiger partial charge in [-0.05, 0) is 13.1 Å². The minimum absolute atomic E-state index is 0.0864. The fourth-order valence-electron chi connectivity index (χ4n) is 0.998. The van der Waals surface area contributed by atoms with Crippen LogP contribution in [-0.2, 0) is 12.7 Å². The van der Waals surface area contributed by atoms with Gasteiger partial charge >= 0.3 is 6.18 Å². The van der Waals surface area contributed by atoms with E-state index in [9.17, 15) is 13.2 Å². The highest BCUT2D eigenvalue weighted by molar-refractivity contribution is 5.04. The molecular weight excluding hydrogens is 209 g/mol. The second-order valence-electron chi connectivity index (χ2n) is 2.89. The molecular formula is C8H9F3N4. The van der Waals surface area contributed by atoms with E-state index >= 15 is 0 Å². The highest BCUT2D eigenvalue weighted by Gasteiger charge is 2.33. The Labute approximate surface area is 84.3 Å². The third-order valence-electron chi connectivity index (χ3n) is 1.81. The Hall–Kier alpha value is -1.55. The maximum absolute atomic E-state index is 12.1. The Morgan fingerprint density at radius 1 is 1.67 bits per heavy atom. The van der Waals surface area contributed by atoms with E-state index < -0.39 is 17.9 Å². The van der Waals surface area contributed by atoms with Crippen LogP contribution in [0.5, 0.6) is 0 Å². The van der Waals surface area contributed by atoms with Crippen molar-refractivity contribution in [3.8, 4) is 6.07 Å². The van der Waals surface area contributed by atoms with Crippen LogP contribution in [0, 0.1) is 11.3 Å². The van der Waals surface area contributed by atoms with E-state index in [0.29, 0.717) is 0 Å². The Morgan fingerprint density at radius 2 is 2.33 bits per heavy atom. The number of aromatic nitrogens is 2. The molecule has 1 heterocycles. The third kappa shape index (κ3) is 2.95. The first kappa shape index (κ1) is 11.5. The molecule has 0 saturated carbocycles. The van der Waals surface area contributed by atoms with Crippen molar-refractivity contribution in [2.45, 2.75) is 18.8 Å². The number of likely N-dealkylation sites (N-methyl/N-ethyl adjacent to an activating group) is 1. The molecule has 0 aromatic carbocycles. The van der Waals surface area contributed by atoms with Gasteiger partial charge in [-0.2, -0.15) is 23.5 Å². The number of nitrogens with one attached hydrogen (secondary N) is 1. The van der Waals surface area contributed by atoms with Gasteiger partial charge in [-0.1, -0.05) is 0 Å². The highest BCUT2D eigenvalue weighted by atomic mass is 19.4. The molecule has 1 aromatic rings. The maximum Gasteiger partial charge on any atom is 0.435 e. The predicted octanol–water partition coefficient (Wildman–Crippen LogP) is 1.01. The van der Waals surface area contributed by atoms with Gasteiger partial charge in [0.1, 0.15) is 6.04 Å². The molecule has 1 N–H and O–H groups in total. The van der Waals surface area contributed by atoms with E-state index in [4.69, 9.17) is 5.26 Å². The lowest BCUT2D eigenvalue weighted by Gasteiger charge is -2.07. The van der Waals surface area contributed by atoms with Gasteiger partial charge in [0.05, 0.1) is 12.6 Å². The zero-order chi connectivity index (χ0) is 11.5. The van der Waals surface area contributed by atoms with Gasteiger partial charge in [-0.3, -0.25) is 4.68 Å². The van der Waals surface area contributed by atoms with Crippen LogP contribution in [0.1, 0.15) is 5.69 Å². The van der Waals surface area contributed by atoms with Crippen molar-refractivity contribution in [1.82, 2.24) is 15.1 Å². The summed E-state index contributed by atoms with van der Waals surface area (Å²) in [5.41, 5.74) is -0.949. The van der Waals surface area contributed by atoms with Gasteiger partial charge in [-0.15, -0.1) is 0 Å². The molecule has 1 atom stereocenters. The van der Waals surface area contributed by atoms with Crippen molar-refractivity contribution in [3.63, 3.8) is 0 Å². The van der Waals surface area contributed by atoms with Gasteiger partial charge in [0.15, 0.2) is 5.69 Å². The lowest BCUT2D eigenvalue weighted by atomic mass is 10.3. The lowest BCUT2D eigenvalue weighted by molar-refractivity contribution is -0.141. The molecule has 0 fully saturated rings. The molecule has 15 heavy (non-hydrogen) atoms. The molecule has 0 bridgehead atoms. The second kappa shape index (κ2) is 4.31. The van der Waals surface area contributed by atoms with E-state index in [1.165, 1.54) is 6.20 Å².